The van der Waals surface area contributed by atoms with Crippen LogP contribution in [-0.2, 0) is 9.59 Å². The predicted octanol–water partition coefficient (Wildman–Crippen LogP) is 5.56. The lowest BCUT2D eigenvalue weighted by molar-refractivity contribution is -0.134. The van der Waals surface area contributed by atoms with E-state index >= 15 is 0 Å². The SMILES string of the molecule is CC(C)C(=O)N1CCN(c2ccc(NC(=O)/C=C/c3ccc(-c4ccccc4Cl)o3)cc2)CC1. The van der Waals surface area contributed by atoms with Crippen LogP contribution in [0.5, 0.6) is 0 Å². The Morgan fingerprint density at radius 3 is 2.35 bits per heavy atom. The van der Waals surface area contributed by atoms with Crippen molar-refractivity contribution in [3.63, 3.8) is 0 Å². The molecular weight excluding hydrogens is 450 g/mol. The topological polar surface area (TPSA) is 65.8 Å². The summed E-state index contributed by atoms with van der Waals surface area (Å²) in [5.41, 5.74) is 2.59. The fraction of sp³-hybridized carbons (Fsp3) is 0.259. The maximum atomic E-state index is 12.3. The van der Waals surface area contributed by atoms with E-state index in [0.29, 0.717) is 22.2 Å². The molecule has 0 spiro atoms. The summed E-state index contributed by atoms with van der Waals surface area (Å²) in [5.74, 6) is 1.21. The van der Waals surface area contributed by atoms with Crippen LogP contribution in [0.1, 0.15) is 19.6 Å². The molecule has 0 radical (unpaired) electrons. The van der Waals surface area contributed by atoms with Gasteiger partial charge in [-0.2, -0.15) is 0 Å². The molecule has 1 saturated heterocycles. The van der Waals surface area contributed by atoms with Crippen molar-refractivity contribution in [2.24, 2.45) is 5.92 Å². The van der Waals surface area contributed by atoms with Crippen molar-refractivity contribution in [3.05, 3.63) is 77.5 Å². The van der Waals surface area contributed by atoms with Crippen LogP contribution in [0, 0.1) is 5.92 Å². The normalized spacial score (nSPS) is 14.1. The Balaban J connectivity index is 1.30. The molecule has 1 aliphatic heterocycles. The molecule has 34 heavy (non-hydrogen) atoms. The minimum Gasteiger partial charge on any atom is -0.457 e. The van der Waals surface area contributed by atoms with E-state index in [1.807, 2.05) is 67.3 Å². The summed E-state index contributed by atoms with van der Waals surface area (Å²) in [6, 6.07) is 18.8. The van der Waals surface area contributed by atoms with Gasteiger partial charge in [0, 0.05) is 55.1 Å². The van der Waals surface area contributed by atoms with Crippen molar-refractivity contribution < 1.29 is 14.0 Å². The quantitative estimate of drug-likeness (QED) is 0.472. The number of nitrogens with one attached hydrogen (secondary N) is 1. The maximum Gasteiger partial charge on any atom is 0.248 e. The molecule has 4 rings (SSSR count). The van der Waals surface area contributed by atoms with E-state index in [9.17, 15) is 9.59 Å². The summed E-state index contributed by atoms with van der Waals surface area (Å²) in [5, 5.41) is 3.48. The number of hydrogen-bond donors (Lipinski definition) is 1. The molecule has 2 aromatic carbocycles. The number of carbonyl (C=O) groups excluding carboxylic acids is 2. The summed E-state index contributed by atoms with van der Waals surface area (Å²) < 4.78 is 5.79. The van der Waals surface area contributed by atoms with Crippen molar-refractivity contribution >= 4 is 40.9 Å². The van der Waals surface area contributed by atoms with Gasteiger partial charge in [0.15, 0.2) is 0 Å². The highest BCUT2D eigenvalue weighted by Crippen LogP contribution is 2.29. The lowest BCUT2D eigenvalue weighted by Gasteiger charge is -2.37. The zero-order valence-corrected chi connectivity index (χ0v) is 20.1. The highest BCUT2D eigenvalue weighted by Gasteiger charge is 2.22. The first kappa shape index (κ1) is 23.6. The van der Waals surface area contributed by atoms with E-state index in [4.69, 9.17) is 16.0 Å². The van der Waals surface area contributed by atoms with Gasteiger partial charge in [0.2, 0.25) is 11.8 Å². The molecule has 2 heterocycles. The Morgan fingerprint density at radius 2 is 1.68 bits per heavy atom. The molecule has 7 heteroatoms. The molecule has 0 aliphatic carbocycles. The van der Waals surface area contributed by atoms with Crippen LogP contribution in [0.15, 0.2) is 71.2 Å². The van der Waals surface area contributed by atoms with Gasteiger partial charge in [0.1, 0.15) is 11.5 Å². The third-order valence-corrected chi connectivity index (χ3v) is 6.08. The first-order valence-electron chi connectivity index (χ1n) is 11.4. The van der Waals surface area contributed by atoms with Gasteiger partial charge in [-0.3, -0.25) is 9.59 Å². The number of amides is 2. The number of hydrogen-bond acceptors (Lipinski definition) is 4. The van der Waals surface area contributed by atoms with E-state index < -0.39 is 0 Å². The molecule has 3 aromatic rings. The Labute approximate surface area is 204 Å². The number of anilines is 2. The number of nitrogens with zero attached hydrogens (tertiary/aromatic N) is 2. The minimum atomic E-state index is -0.246. The molecule has 2 amide bonds. The molecular formula is C27H28ClN3O3. The zero-order chi connectivity index (χ0) is 24.1. The van der Waals surface area contributed by atoms with Crippen LogP contribution in [0.4, 0.5) is 11.4 Å². The fourth-order valence-electron chi connectivity index (χ4n) is 3.90. The molecule has 1 aromatic heterocycles. The first-order valence-corrected chi connectivity index (χ1v) is 11.8. The number of furan rings is 1. The third-order valence-electron chi connectivity index (χ3n) is 5.75. The van der Waals surface area contributed by atoms with Gasteiger partial charge >= 0.3 is 0 Å². The van der Waals surface area contributed by atoms with Gasteiger partial charge in [-0.05, 0) is 54.6 Å². The summed E-state index contributed by atoms with van der Waals surface area (Å²) in [7, 11) is 0. The zero-order valence-electron chi connectivity index (χ0n) is 19.3. The van der Waals surface area contributed by atoms with Gasteiger partial charge in [-0.15, -0.1) is 0 Å². The largest absolute Gasteiger partial charge is 0.457 e. The average Bonchev–Trinajstić information content (AvgIpc) is 3.32. The second kappa shape index (κ2) is 10.6. The van der Waals surface area contributed by atoms with Gasteiger partial charge in [-0.25, -0.2) is 0 Å². The van der Waals surface area contributed by atoms with Gasteiger partial charge in [0.25, 0.3) is 0 Å². The fourth-order valence-corrected chi connectivity index (χ4v) is 4.12. The van der Waals surface area contributed by atoms with Gasteiger partial charge < -0.3 is 19.5 Å². The smallest absolute Gasteiger partial charge is 0.248 e. The van der Waals surface area contributed by atoms with Gasteiger partial charge in [-0.1, -0.05) is 37.6 Å². The maximum absolute atomic E-state index is 12.3. The molecule has 6 nitrogen and oxygen atoms in total. The van der Waals surface area contributed by atoms with Crippen LogP contribution in [-0.4, -0.2) is 42.9 Å². The second-order valence-corrected chi connectivity index (χ2v) is 8.93. The lowest BCUT2D eigenvalue weighted by atomic mass is 10.1. The van der Waals surface area contributed by atoms with Crippen LogP contribution in [0.25, 0.3) is 17.4 Å². The van der Waals surface area contributed by atoms with Crippen molar-refractivity contribution in [1.29, 1.82) is 0 Å². The van der Waals surface area contributed by atoms with Crippen LogP contribution < -0.4 is 10.2 Å². The Hall–Kier alpha value is -3.51. The second-order valence-electron chi connectivity index (χ2n) is 8.52. The van der Waals surface area contributed by atoms with Crippen molar-refractivity contribution in [2.45, 2.75) is 13.8 Å². The number of piperazine rings is 1. The number of halogens is 1. The lowest BCUT2D eigenvalue weighted by Crippen LogP contribution is -2.49. The Bertz CT molecular complexity index is 1180. The van der Waals surface area contributed by atoms with Crippen LogP contribution >= 0.6 is 11.6 Å². The van der Waals surface area contributed by atoms with Gasteiger partial charge in [0.05, 0.1) is 5.02 Å². The summed E-state index contributed by atoms with van der Waals surface area (Å²) in [4.78, 5) is 28.7. The van der Waals surface area contributed by atoms with Crippen LogP contribution in [0.3, 0.4) is 0 Å². The Kier molecular flexibility index (Phi) is 7.38. The first-order chi connectivity index (χ1) is 16.4. The standard InChI is InChI=1S/C27H28ClN3O3/c1-19(2)27(33)31-17-15-30(16-18-31)21-9-7-20(8-10-21)29-26(32)14-12-22-11-13-25(34-22)23-5-3-4-6-24(23)28/h3-14,19H,15-18H2,1-2H3,(H,29,32)/b14-12+. The van der Waals surface area contributed by atoms with E-state index in [1.165, 1.54) is 6.08 Å². The van der Waals surface area contributed by atoms with E-state index in [0.717, 1.165) is 37.4 Å². The highest BCUT2D eigenvalue weighted by atomic mass is 35.5. The summed E-state index contributed by atoms with van der Waals surface area (Å²) in [6.07, 6.45) is 3.07. The van der Waals surface area contributed by atoms with Crippen molar-refractivity contribution in [3.8, 4) is 11.3 Å². The third kappa shape index (κ3) is 5.69. The van der Waals surface area contributed by atoms with Crippen LogP contribution in [0.2, 0.25) is 5.02 Å². The molecule has 1 N–H and O–H groups in total. The highest BCUT2D eigenvalue weighted by molar-refractivity contribution is 6.33. The number of carbonyl (C=O) groups is 2. The molecule has 0 atom stereocenters. The molecule has 1 fully saturated rings. The average molecular weight is 478 g/mol. The van der Waals surface area contributed by atoms with E-state index in [2.05, 4.69) is 10.2 Å². The van der Waals surface area contributed by atoms with E-state index in [1.54, 1.807) is 18.2 Å². The molecule has 0 bridgehead atoms. The number of rotatable bonds is 6. The molecule has 1 aliphatic rings. The molecule has 0 saturated carbocycles. The predicted molar refractivity (Wildman–Crippen MR) is 137 cm³/mol. The molecule has 0 unspecified atom stereocenters. The Morgan fingerprint density at radius 1 is 0.971 bits per heavy atom. The monoisotopic (exact) mass is 477 g/mol. The number of benzene rings is 2. The summed E-state index contributed by atoms with van der Waals surface area (Å²) in [6.45, 7) is 6.92. The van der Waals surface area contributed by atoms with Crippen molar-refractivity contribution in [1.82, 2.24) is 4.90 Å². The summed E-state index contributed by atoms with van der Waals surface area (Å²) >= 11 is 6.22. The van der Waals surface area contributed by atoms with E-state index in [-0.39, 0.29) is 17.7 Å². The van der Waals surface area contributed by atoms with Crippen molar-refractivity contribution in [2.75, 3.05) is 36.4 Å². The minimum absolute atomic E-state index is 0.0284. The molecule has 176 valence electrons.